The Hall–Kier alpha value is -2.21. The minimum Gasteiger partial charge on any atom is -0.378 e. The first-order chi connectivity index (χ1) is 10.1. The monoisotopic (exact) mass is 299 g/mol. The Morgan fingerprint density at radius 1 is 1.33 bits per heavy atom. The fraction of sp³-hybridized carbons (Fsp3) is 0.267. The zero-order chi connectivity index (χ0) is 14.8. The molecule has 0 fully saturated rings. The Balaban J connectivity index is 1.84. The fourth-order valence-electron chi connectivity index (χ4n) is 2.33. The van der Waals surface area contributed by atoms with Gasteiger partial charge in [-0.2, -0.15) is 0 Å². The molecule has 1 aromatic carbocycles. The van der Waals surface area contributed by atoms with Crippen molar-refractivity contribution in [1.82, 2.24) is 19.7 Å². The summed E-state index contributed by atoms with van der Waals surface area (Å²) >= 11 is 1.68. The minimum absolute atomic E-state index is 0.229. The molecule has 5 nitrogen and oxygen atoms in total. The van der Waals surface area contributed by atoms with Crippen LogP contribution in [0.15, 0.2) is 36.1 Å². The SMILES string of the molecule is Cc1ncsc1C(C)Nc1cccc(-c2nncn2C)c1. The minimum atomic E-state index is 0.229. The number of nitrogens with one attached hydrogen (secondary N) is 1. The third-order valence-corrected chi connectivity index (χ3v) is 4.50. The molecular formula is C15H17N5S. The fourth-order valence-corrected chi connectivity index (χ4v) is 3.15. The van der Waals surface area contributed by atoms with Gasteiger partial charge in [0.15, 0.2) is 5.82 Å². The topological polar surface area (TPSA) is 55.6 Å². The molecule has 0 aliphatic heterocycles. The van der Waals surface area contributed by atoms with Crippen LogP contribution in [0.4, 0.5) is 5.69 Å². The standard InChI is InChI=1S/C15H17N5S/c1-10-14(21-9-16-10)11(2)18-13-6-4-5-12(7-13)15-19-17-8-20(15)3/h4-9,11,18H,1-3H3. The van der Waals surface area contributed by atoms with Gasteiger partial charge in [-0.15, -0.1) is 21.5 Å². The van der Waals surface area contributed by atoms with Crippen LogP contribution in [0.1, 0.15) is 23.5 Å². The Kier molecular flexibility index (Phi) is 3.70. The largest absolute Gasteiger partial charge is 0.378 e. The van der Waals surface area contributed by atoms with Gasteiger partial charge in [0.2, 0.25) is 0 Å². The summed E-state index contributed by atoms with van der Waals surface area (Å²) in [5.74, 6) is 0.861. The zero-order valence-corrected chi connectivity index (χ0v) is 13.1. The van der Waals surface area contributed by atoms with Crippen molar-refractivity contribution < 1.29 is 0 Å². The molecule has 2 heterocycles. The number of thiazole rings is 1. The van der Waals surface area contributed by atoms with Gasteiger partial charge in [-0.3, -0.25) is 0 Å². The van der Waals surface area contributed by atoms with E-state index in [1.165, 1.54) is 4.88 Å². The summed E-state index contributed by atoms with van der Waals surface area (Å²) in [7, 11) is 1.94. The number of nitrogens with zero attached hydrogens (tertiary/aromatic N) is 4. The van der Waals surface area contributed by atoms with E-state index in [1.54, 1.807) is 17.7 Å². The zero-order valence-electron chi connectivity index (χ0n) is 12.2. The molecule has 1 atom stereocenters. The van der Waals surface area contributed by atoms with Gasteiger partial charge in [0.1, 0.15) is 6.33 Å². The maximum Gasteiger partial charge on any atom is 0.163 e. The molecule has 108 valence electrons. The van der Waals surface area contributed by atoms with Crippen molar-refractivity contribution >= 4 is 17.0 Å². The second-order valence-electron chi connectivity index (χ2n) is 5.01. The molecule has 1 unspecified atom stereocenters. The van der Waals surface area contributed by atoms with Crippen molar-refractivity contribution in [3.05, 3.63) is 46.7 Å². The molecule has 3 rings (SSSR count). The third kappa shape index (κ3) is 2.80. The summed E-state index contributed by atoms with van der Waals surface area (Å²) in [6.45, 7) is 4.19. The number of hydrogen-bond donors (Lipinski definition) is 1. The molecule has 0 radical (unpaired) electrons. The second-order valence-corrected chi connectivity index (χ2v) is 5.90. The highest BCUT2D eigenvalue weighted by molar-refractivity contribution is 7.09. The maximum absolute atomic E-state index is 4.31. The summed E-state index contributed by atoms with van der Waals surface area (Å²) in [5.41, 5.74) is 5.09. The average Bonchev–Trinajstić information content (AvgIpc) is 3.07. The first-order valence-corrected chi connectivity index (χ1v) is 7.64. The van der Waals surface area contributed by atoms with Crippen molar-refractivity contribution in [2.45, 2.75) is 19.9 Å². The van der Waals surface area contributed by atoms with E-state index in [9.17, 15) is 0 Å². The number of aryl methyl sites for hydroxylation is 2. The van der Waals surface area contributed by atoms with E-state index in [-0.39, 0.29) is 6.04 Å². The van der Waals surface area contributed by atoms with E-state index in [0.29, 0.717) is 0 Å². The normalized spacial score (nSPS) is 12.3. The van der Waals surface area contributed by atoms with Crippen LogP contribution >= 0.6 is 11.3 Å². The lowest BCUT2D eigenvalue weighted by Crippen LogP contribution is -2.06. The summed E-state index contributed by atoms with van der Waals surface area (Å²) in [5, 5.41) is 11.6. The molecule has 21 heavy (non-hydrogen) atoms. The van der Waals surface area contributed by atoms with Crippen LogP contribution in [0.3, 0.4) is 0 Å². The Morgan fingerprint density at radius 2 is 2.19 bits per heavy atom. The number of aromatic nitrogens is 4. The van der Waals surface area contributed by atoms with Gasteiger partial charge in [0, 0.05) is 23.2 Å². The van der Waals surface area contributed by atoms with Crippen molar-refractivity contribution in [3.63, 3.8) is 0 Å². The van der Waals surface area contributed by atoms with Crippen LogP contribution in [-0.4, -0.2) is 19.7 Å². The lowest BCUT2D eigenvalue weighted by molar-refractivity contribution is 0.890. The van der Waals surface area contributed by atoms with Gasteiger partial charge in [0.25, 0.3) is 0 Å². The molecule has 0 amide bonds. The van der Waals surface area contributed by atoms with E-state index in [0.717, 1.165) is 22.8 Å². The third-order valence-electron chi connectivity index (χ3n) is 3.39. The predicted molar refractivity (Wildman–Crippen MR) is 85.3 cm³/mol. The number of benzene rings is 1. The number of rotatable bonds is 4. The van der Waals surface area contributed by atoms with Crippen LogP contribution in [0.2, 0.25) is 0 Å². The van der Waals surface area contributed by atoms with Crippen LogP contribution in [-0.2, 0) is 7.05 Å². The second kappa shape index (κ2) is 5.65. The summed E-state index contributed by atoms with van der Waals surface area (Å²) < 4.78 is 1.91. The van der Waals surface area contributed by atoms with E-state index in [1.807, 2.05) is 36.2 Å². The molecule has 0 aliphatic rings. The highest BCUT2D eigenvalue weighted by atomic mass is 32.1. The smallest absolute Gasteiger partial charge is 0.163 e. The highest BCUT2D eigenvalue weighted by Gasteiger charge is 2.12. The van der Waals surface area contributed by atoms with Crippen molar-refractivity contribution in [2.75, 3.05) is 5.32 Å². The van der Waals surface area contributed by atoms with Crippen LogP contribution in [0.25, 0.3) is 11.4 Å². The molecular weight excluding hydrogens is 282 g/mol. The van der Waals surface area contributed by atoms with Crippen molar-refractivity contribution in [3.8, 4) is 11.4 Å². The Bertz CT molecular complexity index is 746. The van der Waals surface area contributed by atoms with Crippen LogP contribution in [0.5, 0.6) is 0 Å². The summed E-state index contributed by atoms with van der Waals surface area (Å²) in [6.07, 6.45) is 1.71. The van der Waals surface area contributed by atoms with Gasteiger partial charge in [-0.1, -0.05) is 12.1 Å². The number of anilines is 1. The van der Waals surface area contributed by atoms with E-state index in [2.05, 4.69) is 39.6 Å². The maximum atomic E-state index is 4.31. The van der Waals surface area contributed by atoms with Crippen LogP contribution < -0.4 is 5.32 Å². The van der Waals surface area contributed by atoms with E-state index in [4.69, 9.17) is 0 Å². The van der Waals surface area contributed by atoms with Crippen molar-refractivity contribution in [2.24, 2.45) is 7.05 Å². The molecule has 2 aromatic heterocycles. The molecule has 0 bridgehead atoms. The molecule has 0 saturated carbocycles. The van der Waals surface area contributed by atoms with Crippen LogP contribution in [0, 0.1) is 6.92 Å². The molecule has 6 heteroatoms. The first kappa shape index (κ1) is 13.8. The van der Waals surface area contributed by atoms with Crippen molar-refractivity contribution in [1.29, 1.82) is 0 Å². The Morgan fingerprint density at radius 3 is 2.86 bits per heavy atom. The quantitative estimate of drug-likeness (QED) is 0.802. The molecule has 0 saturated heterocycles. The highest BCUT2D eigenvalue weighted by Crippen LogP contribution is 2.27. The molecule has 3 aromatic rings. The molecule has 1 N–H and O–H groups in total. The van der Waals surface area contributed by atoms with E-state index < -0.39 is 0 Å². The van der Waals surface area contributed by atoms with E-state index >= 15 is 0 Å². The number of hydrogen-bond acceptors (Lipinski definition) is 5. The van der Waals surface area contributed by atoms with Gasteiger partial charge >= 0.3 is 0 Å². The molecule has 0 aliphatic carbocycles. The van der Waals surface area contributed by atoms with Gasteiger partial charge in [0.05, 0.1) is 17.2 Å². The van der Waals surface area contributed by atoms with Gasteiger partial charge < -0.3 is 9.88 Å². The molecule has 0 spiro atoms. The van der Waals surface area contributed by atoms with Gasteiger partial charge in [-0.25, -0.2) is 4.98 Å². The predicted octanol–water partition coefficient (Wildman–Crippen LogP) is 3.42. The summed E-state index contributed by atoms with van der Waals surface area (Å²) in [6, 6.07) is 8.45. The average molecular weight is 299 g/mol. The Labute approximate surface area is 127 Å². The lowest BCUT2D eigenvalue weighted by Gasteiger charge is -2.15. The lowest BCUT2D eigenvalue weighted by atomic mass is 10.1. The summed E-state index contributed by atoms with van der Waals surface area (Å²) in [4.78, 5) is 5.57. The first-order valence-electron chi connectivity index (χ1n) is 6.76. The van der Waals surface area contributed by atoms with Gasteiger partial charge in [-0.05, 0) is 26.0 Å².